The molecule has 0 aromatic heterocycles. The molecule has 0 aliphatic carbocycles. The first-order chi connectivity index (χ1) is 7.27. The molecule has 1 atom stereocenters. The highest BCUT2D eigenvalue weighted by Crippen LogP contribution is 2.15. The fraction of sp³-hybridized carbons (Fsp3) is 1.00. The van der Waals surface area contributed by atoms with E-state index in [4.69, 9.17) is 10.0 Å². The van der Waals surface area contributed by atoms with Crippen molar-refractivity contribution < 1.29 is 10.0 Å². The molecule has 15 heavy (non-hydrogen) atoms. The summed E-state index contributed by atoms with van der Waals surface area (Å²) in [5, 5.41) is 17.3. The topological polar surface area (TPSA) is 40.5 Å². The van der Waals surface area contributed by atoms with E-state index in [1.807, 2.05) is 0 Å². The Morgan fingerprint density at radius 2 is 1.40 bits per heavy atom. The summed E-state index contributed by atoms with van der Waals surface area (Å²) in [4.78, 5) is 0. The molecule has 2 nitrogen and oxygen atoms in total. The van der Waals surface area contributed by atoms with Gasteiger partial charge in [0.15, 0.2) is 0 Å². The number of unbranched alkanes of at least 4 members (excludes halogenated alkanes) is 7. The molecule has 1 unspecified atom stereocenters. The van der Waals surface area contributed by atoms with Crippen molar-refractivity contribution in [2.75, 3.05) is 12.2 Å². The van der Waals surface area contributed by atoms with Crippen molar-refractivity contribution in [3.8, 4) is 0 Å². The van der Waals surface area contributed by atoms with Crippen LogP contribution in [0.5, 0.6) is 0 Å². The minimum absolute atomic E-state index is 0.566. The highest BCUT2D eigenvalue weighted by atomic mass is 31.1. The van der Waals surface area contributed by atoms with E-state index in [-0.39, 0.29) is 0 Å². The van der Waals surface area contributed by atoms with Crippen LogP contribution >= 0.6 is 8.58 Å². The predicted octanol–water partition coefficient (Wildman–Crippen LogP) is 2.82. The van der Waals surface area contributed by atoms with Crippen LogP contribution in [0.2, 0.25) is 0 Å². The van der Waals surface area contributed by atoms with Crippen LogP contribution < -0.4 is 0 Å². The molecule has 4 heteroatoms. The van der Waals surface area contributed by atoms with E-state index in [2.05, 4.69) is 6.92 Å². The molecule has 0 aliphatic rings. The van der Waals surface area contributed by atoms with Gasteiger partial charge >= 0.3 is 7.12 Å². The second kappa shape index (κ2) is 12.5. The van der Waals surface area contributed by atoms with Crippen molar-refractivity contribution in [2.45, 2.75) is 58.3 Å². The maximum atomic E-state index is 8.64. The van der Waals surface area contributed by atoms with Crippen LogP contribution in [0.15, 0.2) is 0 Å². The van der Waals surface area contributed by atoms with Crippen LogP contribution in [-0.2, 0) is 0 Å². The molecule has 0 aromatic rings. The molecule has 90 valence electrons. The summed E-state index contributed by atoms with van der Waals surface area (Å²) >= 11 is 0. The average Bonchev–Trinajstić information content (AvgIpc) is 2.20. The van der Waals surface area contributed by atoms with Gasteiger partial charge in [-0.2, -0.15) is 0 Å². The lowest BCUT2D eigenvalue weighted by atomic mass is 9.98. The molecular formula is C11H26BO2P. The van der Waals surface area contributed by atoms with Gasteiger partial charge in [0, 0.05) is 0 Å². The Balaban J connectivity index is 2.87. The van der Waals surface area contributed by atoms with Gasteiger partial charge in [-0.1, -0.05) is 51.9 Å². The Hall–Kier alpha value is 0.415. The normalized spacial score (nSPS) is 11.4. The Labute approximate surface area is 96.8 Å². The van der Waals surface area contributed by atoms with Gasteiger partial charge in [-0.25, -0.2) is 0 Å². The quantitative estimate of drug-likeness (QED) is 0.326. The van der Waals surface area contributed by atoms with E-state index in [1.54, 1.807) is 0 Å². The van der Waals surface area contributed by atoms with Crippen molar-refractivity contribution >= 4 is 15.7 Å². The van der Waals surface area contributed by atoms with Crippen LogP contribution in [-0.4, -0.2) is 29.4 Å². The standard InChI is InChI=1S/C11H26BO2P/c1-2-3-4-5-6-7-8-9-10-15-11-12(13)14/h13-15H,2-11H2,1H3. The predicted molar refractivity (Wildman–Crippen MR) is 70.9 cm³/mol. The maximum Gasteiger partial charge on any atom is 0.455 e. The Morgan fingerprint density at radius 3 is 1.93 bits per heavy atom. The maximum absolute atomic E-state index is 8.64. The Bertz CT molecular complexity index is 123. The molecule has 0 aromatic carbocycles. The highest BCUT2D eigenvalue weighted by molar-refractivity contribution is 7.40. The van der Waals surface area contributed by atoms with Gasteiger partial charge in [-0.3, -0.25) is 0 Å². The molecule has 0 rings (SSSR count). The van der Waals surface area contributed by atoms with Crippen LogP contribution in [0.3, 0.4) is 0 Å². The van der Waals surface area contributed by atoms with Crippen molar-refractivity contribution in [3.63, 3.8) is 0 Å². The van der Waals surface area contributed by atoms with Crippen LogP contribution in [0.1, 0.15) is 58.3 Å². The first-order valence-electron chi connectivity index (χ1n) is 6.34. The minimum Gasteiger partial charge on any atom is -0.427 e. The Kier molecular flexibility index (Phi) is 12.8. The zero-order valence-corrected chi connectivity index (χ0v) is 11.0. The summed E-state index contributed by atoms with van der Waals surface area (Å²) < 4.78 is 0. The van der Waals surface area contributed by atoms with E-state index >= 15 is 0 Å². The third-order valence-corrected chi connectivity index (χ3v) is 3.89. The first-order valence-corrected chi connectivity index (χ1v) is 7.75. The fourth-order valence-corrected chi connectivity index (χ4v) is 2.58. The summed E-state index contributed by atoms with van der Waals surface area (Å²) in [7, 11) is -0.361. The van der Waals surface area contributed by atoms with Crippen LogP contribution in [0.25, 0.3) is 0 Å². The molecule has 0 amide bonds. The second-order valence-corrected chi connectivity index (χ2v) is 5.57. The van der Waals surface area contributed by atoms with Crippen molar-refractivity contribution in [3.05, 3.63) is 0 Å². The molecule has 0 spiro atoms. The number of hydrogen-bond acceptors (Lipinski definition) is 2. The molecule has 0 fully saturated rings. The van der Waals surface area contributed by atoms with Gasteiger partial charge in [-0.15, -0.1) is 8.58 Å². The van der Waals surface area contributed by atoms with Gasteiger partial charge in [0.2, 0.25) is 0 Å². The molecule has 2 N–H and O–H groups in total. The molecule has 0 bridgehead atoms. The van der Waals surface area contributed by atoms with Gasteiger partial charge in [0.25, 0.3) is 0 Å². The molecule has 0 saturated carbocycles. The van der Waals surface area contributed by atoms with Gasteiger partial charge in [-0.05, 0) is 18.6 Å². The van der Waals surface area contributed by atoms with E-state index in [1.165, 1.54) is 57.5 Å². The van der Waals surface area contributed by atoms with Crippen molar-refractivity contribution in [1.82, 2.24) is 0 Å². The highest BCUT2D eigenvalue weighted by Gasteiger charge is 2.04. The van der Waals surface area contributed by atoms with Gasteiger partial charge in [0.05, 0.1) is 0 Å². The summed E-state index contributed by atoms with van der Waals surface area (Å²) in [5.74, 6) is 0. The summed E-state index contributed by atoms with van der Waals surface area (Å²) in [6.45, 7) is 2.25. The molecule has 0 saturated heterocycles. The smallest absolute Gasteiger partial charge is 0.427 e. The second-order valence-electron chi connectivity index (χ2n) is 4.16. The molecular weight excluding hydrogens is 206 g/mol. The zero-order chi connectivity index (χ0) is 11.4. The zero-order valence-electron chi connectivity index (χ0n) is 10.0. The average molecular weight is 232 g/mol. The van der Waals surface area contributed by atoms with Gasteiger partial charge < -0.3 is 10.0 Å². The monoisotopic (exact) mass is 232 g/mol. The molecule has 0 aliphatic heterocycles. The lowest BCUT2D eigenvalue weighted by molar-refractivity contribution is 0.415. The lowest BCUT2D eigenvalue weighted by Gasteiger charge is -2.02. The van der Waals surface area contributed by atoms with Gasteiger partial charge in [0.1, 0.15) is 0 Å². The molecule has 0 heterocycles. The third-order valence-electron chi connectivity index (χ3n) is 2.53. The summed E-state index contributed by atoms with van der Waals surface area (Å²) in [6, 6.07) is 0.566. The van der Waals surface area contributed by atoms with E-state index < -0.39 is 7.12 Å². The van der Waals surface area contributed by atoms with E-state index in [9.17, 15) is 0 Å². The largest absolute Gasteiger partial charge is 0.455 e. The van der Waals surface area contributed by atoms with E-state index in [0.717, 1.165) is 8.58 Å². The Morgan fingerprint density at radius 1 is 0.867 bits per heavy atom. The van der Waals surface area contributed by atoms with Crippen molar-refractivity contribution in [2.24, 2.45) is 0 Å². The first kappa shape index (κ1) is 15.4. The summed E-state index contributed by atoms with van der Waals surface area (Å²) in [6.07, 6.45) is 12.0. The number of rotatable bonds is 11. The SMILES string of the molecule is CCCCCCCCCCPCB(O)O. The lowest BCUT2D eigenvalue weighted by Crippen LogP contribution is -2.13. The van der Waals surface area contributed by atoms with E-state index in [0.29, 0.717) is 6.06 Å². The van der Waals surface area contributed by atoms with Crippen LogP contribution in [0.4, 0.5) is 0 Å². The third kappa shape index (κ3) is 14.4. The molecule has 0 radical (unpaired) electrons. The fourth-order valence-electron chi connectivity index (χ4n) is 1.62. The summed E-state index contributed by atoms with van der Waals surface area (Å²) in [5.41, 5.74) is 0. The minimum atomic E-state index is -1.09. The van der Waals surface area contributed by atoms with Crippen LogP contribution in [0, 0.1) is 0 Å². The van der Waals surface area contributed by atoms with Crippen molar-refractivity contribution in [1.29, 1.82) is 0 Å². The number of hydrogen-bond donors (Lipinski definition) is 2.